The summed E-state index contributed by atoms with van der Waals surface area (Å²) in [5.74, 6) is -0.499. The number of aromatic nitrogens is 2. The zero-order valence-corrected chi connectivity index (χ0v) is 17.0. The molecule has 7 heteroatoms. The summed E-state index contributed by atoms with van der Waals surface area (Å²) in [7, 11) is 0. The summed E-state index contributed by atoms with van der Waals surface area (Å²) in [5.41, 5.74) is 6.88. The molecule has 1 amide bonds. The number of carbonyl (C=O) groups is 1. The quantitative estimate of drug-likeness (QED) is 0.369. The molecule has 0 saturated heterocycles. The number of phenols is 1. The number of pyridine rings is 1. The maximum absolute atomic E-state index is 12.2. The van der Waals surface area contributed by atoms with E-state index in [0.717, 1.165) is 23.1 Å². The lowest BCUT2D eigenvalue weighted by Gasteiger charge is -2.06. The second-order valence-corrected chi connectivity index (χ2v) is 7.34. The highest BCUT2D eigenvalue weighted by molar-refractivity contribution is 6.32. The number of halogens is 1. The second-order valence-electron chi connectivity index (χ2n) is 6.94. The third kappa shape index (κ3) is 4.18. The standard InChI is InChI=1S/C23H19ClN4O2/c1-15-3-2-4-16(11-15)14-28-10-8-19-18(7-9-25-22(19)28)13-26-27-23(30)17-5-6-21(29)20(24)12-17/h2-13,29H,14H2,1H3,(H,27,30)/b26-13+. The molecule has 0 bridgehead atoms. The van der Waals surface area contributed by atoms with Crippen LogP contribution < -0.4 is 5.43 Å². The summed E-state index contributed by atoms with van der Waals surface area (Å²) < 4.78 is 2.08. The number of benzene rings is 2. The molecule has 0 aliphatic heterocycles. The monoisotopic (exact) mass is 418 g/mol. The minimum Gasteiger partial charge on any atom is -0.506 e. The van der Waals surface area contributed by atoms with E-state index in [9.17, 15) is 9.90 Å². The number of carbonyl (C=O) groups excluding carboxylic acids is 1. The van der Waals surface area contributed by atoms with Gasteiger partial charge in [0, 0.05) is 35.5 Å². The Morgan fingerprint density at radius 3 is 2.90 bits per heavy atom. The predicted molar refractivity (Wildman–Crippen MR) is 118 cm³/mol. The molecule has 2 aromatic heterocycles. The minimum atomic E-state index is -0.421. The van der Waals surface area contributed by atoms with Crippen molar-refractivity contribution < 1.29 is 9.90 Å². The molecule has 30 heavy (non-hydrogen) atoms. The maximum atomic E-state index is 12.2. The van der Waals surface area contributed by atoms with Crippen molar-refractivity contribution in [3.63, 3.8) is 0 Å². The van der Waals surface area contributed by atoms with Gasteiger partial charge in [0.05, 0.1) is 11.2 Å². The molecule has 6 nitrogen and oxygen atoms in total. The molecular formula is C23H19ClN4O2. The van der Waals surface area contributed by atoms with Crippen molar-refractivity contribution in [1.82, 2.24) is 15.0 Å². The Hall–Kier alpha value is -3.64. The van der Waals surface area contributed by atoms with Gasteiger partial charge in [0.15, 0.2) is 0 Å². The third-order valence-electron chi connectivity index (χ3n) is 4.71. The zero-order valence-electron chi connectivity index (χ0n) is 16.2. The van der Waals surface area contributed by atoms with E-state index >= 15 is 0 Å². The van der Waals surface area contributed by atoms with E-state index in [-0.39, 0.29) is 10.8 Å². The summed E-state index contributed by atoms with van der Waals surface area (Å²) >= 11 is 5.84. The lowest BCUT2D eigenvalue weighted by Crippen LogP contribution is -2.17. The van der Waals surface area contributed by atoms with Crippen LogP contribution in [0.4, 0.5) is 0 Å². The van der Waals surface area contributed by atoms with E-state index in [1.54, 1.807) is 12.4 Å². The Balaban J connectivity index is 1.52. The van der Waals surface area contributed by atoms with Gasteiger partial charge in [-0.1, -0.05) is 41.4 Å². The van der Waals surface area contributed by atoms with E-state index < -0.39 is 5.91 Å². The lowest BCUT2D eigenvalue weighted by atomic mass is 10.1. The van der Waals surface area contributed by atoms with Crippen molar-refractivity contribution in [2.24, 2.45) is 5.10 Å². The van der Waals surface area contributed by atoms with Crippen molar-refractivity contribution in [2.75, 3.05) is 0 Å². The first kappa shape index (κ1) is 19.7. The molecule has 150 valence electrons. The first-order valence-corrected chi connectivity index (χ1v) is 9.70. The van der Waals surface area contributed by atoms with Gasteiger partial charge in [-0.15, -0.1) is 0 Å². The van der Waals surface area contributed by atoms with Crippen LogP contribution in [-0.4, -0.2) is 26.8 Å². The van der Waals surface area contributed by atoms with E-state index in [1.165, 1.54) is 29.3 Å². The number of hydrogen-bond acceptors (Lipinski definition) is 4. The van der Waals surface area contributed by atoms with Crippen molar-refractivity contribution in [1.29, 1.82) is 0 Å². The molecule has 0 fully saturated rings. The second kappa shape index (κ2) is 8.39. The summed E-state index contributed by atoms with van der Waals surface area (Å²) in [5, 5.41) is 14.6. The fraction of sp³-hybridized carbons (Fsp3) is 0.0870. The number of fused-ring (bicyclic) bond motifs is 1. The summed E-state index contributed by atoms with van der Waals surface area (Å²) in [6.07, 6.45) is 5.30. The van der Waals surface area contributed by atoms with Gasteiger partial charge in [0.2, 0.25) is 0 Å². The van der Waals surface area contributed by atoms with Gasteiger partial charge in [-0.05, 0) is 42.8 Å². The third-order valence-corrected chi connectivity index (χ3v) is 5.01. The van der Waals surface area contributed by atoms with Crippen molar-refractivity contribution in [3.05, 3.63) is 94.3 Å². The topological polar surface area (TPSA) is 79.5 Å². The van der Waals surface area contributed by atoms with Crippen molar-refractivity contribution >= 4 is 34.8 Å². The van der Waals surface area contributed by atoms with Crippen LogP contribution in [0.15, 0.2) is 72.1 Å². The van der Waals surface area contributed by atoms with Crippen LogP contribution in [0.1, 0.15) is 27.0 Å². The molecule has 0 radical (unpaired) electrons. The Morgan fingerprint density at radius 1 is 1.23 bits per heavy atom. The lowest BCUT2D eigenvalue weighted by molar-refractivity contribution is 0.0955. The maximum Gasteiger partial charge on any atom is 0.271 e. The van der Waals surface area contributed by atoms with Gasteiger partial charge in [-0.25, -0.2) is 10.4 Å². The summed E-state index contributed by atoms with van der Waals surface area (Å²) in [4.78, 5) is 16.7. The molecule has 0 aliphatic rings. The Kier molecular flexibility index (Phi) is 5.50. The molecule has 2 heterocycles. The number of aryl methyl sites for hydroxylation is 1. The van der Waals surface area contributed by atoms with E-state index in [1.807, 2.05) is 24.4 Å². The number of nitrogens with one attached hydrogen (secondary N) is 1. The van der Waals surface area contributed by atoms with Crippen molar-refractivity contribution in [2.45, 2.75) is 13.5 Å². The van der Waals surface area contributed by atoms with Crippen LogP contribution in [-0.2, 0) is 6.54 Å². The smallest absolute Gasteiger partial charge is 0.271 e. The number of aromatic hydroxyl groups is 1. The fourth-order valence-electron chi connectivity index (χ4n) is 3.23. The fourth-order valence-corrected chi connectivity index (χ4v) is 3.41. The first-order valence-electron chi connectivity index (χ1n) is 9.32. The number of rotatable bonds is 5. The number of hydrogen-bond donors (Lipinski definition) is 2. The largest absolute Gasteiger partial charge is 0.506 e. The van der Waals surface area contributed by atoms with Gasteiger partial charge in [0.25, 0.3) is 5.91 Å². The molecule has 4 aromatic rings. The van der Waals surface area contributed by atoms with Crippen LogP contribution in [0.25, 0.3) is 11.0 Å². The number of hydrazone groups is 1. The molecular weight excluding hydrogens is 400 g/mol. The number of amides is 1. The highest BCUT2D eigenvalue weighted by Gasteiger charge is 2.09. The molecule has 0 spiro atoms. The summed E-state index contributed by atoms with van der Waals surface area (Å²) in [6.45, 7) is 2.79. The molecule has 0 aliphatic carbocycles. The normalized spacial score (nSPS) is 11.3. The molecule has 0 atom stereocenters. The van der Waals surface area contributed by atoms with Gasteiger partial charge in [-0.3, -0.25) is 4.79 Å². The van der Waals surface area contributed by atoms with Crippen LogP contribution in [0.3, 0.4) is 0 Å². The first-order chi connectivity index (χ1) is 14.5. The zero-order chi connectivity index (χ0) is 21.1. The highest BCUT2D eigenvalue weighted by atomic mass is 35.5. The SMILES string of the molecule is Cc1cccc(Cn2ccc3c(/C=N/NC(=O)c4ccc(O)c(Cl)c4)ccnc32)c1. The van der Waals surface area contributed by atoms with E-state index in [4.69, 9.17) is 11.6 Å². The molecule has 4 rings (SSSR count). The average molecular weight is 419 g/mol. The van der Waals surface area contributed by atoms with Crippen LogP contribution in [0, 0.1) is 6.92 Å². The molecule has 2 N–H and O–H groups in total. The molecule has 0 unspecified atom stereocenters. The summed E-state index contributed by atoms with van der Waals surface area (Å²) in [6, 6.07) is 16.4. The highest BCUT2D eigenvalue weighted by Crippen LogP contribution is 2.23. The van der Waals surface area contributed by atoms with Crippen molar-refractivity contribution in [3.8, 4) is 5.75 Å². The van der Waals surface area contributed by atoms with E-state index in [0.29, 0.717) is 5.56 Å². The Bertz CT molecular complexity index is 1260. The Labute approximate surface area is 178 Å². The van der Waals surface area contributed by atoms with Gasteiger partial charge in [-0.2, -0.15) is 5.10 Å². The number of phenolic OH excluding ortho intramolecular Hbond substituents is 1. The minimum absolute atomic E-state index is 0.0777. The van der Waals surface area contributed by atoms with Gasteiger partial charge < -0.3 is 9.67 Å². The molecule has 0 saturated carbocycles. The van der Waals surface area contributed by atoms with E-state index in [2.05, 4.69) is 45.2 Å². The van der Waals surface area contributed by atoms with Gasteiger partial charge >= 0.3 is 0 Å². The number of nitrogens with zero attached hydrogens (tertiary/aromatic N) is 3. The van der Waals surface area contributed by atoms with Gasteiger partial charge in [0.1, 0.15) is 11.4 Å². The predicted octanol–water partition coefficient (Wildman–Crippen LogP) is 4.52. The Morgan fingerprint density at radius 2 is 2.10 bits per heavy atom. The van der Waals surface area contributed by atoms with Crippen LogP contribution in [0.2, 0.25) is 5.02 Å². The average Bonchev–Trinajstić information content (AvgIpc) is 3.13. The molecule has 2 aromatic carbocycles. The van der Waals surface area contributed by atoms with Crippen LogP contribution >= 0.6 is 11.6 Å². The van der Waals surface area contributed by atoms with Crippen LogP contribution in [0.5, 0.6) is 5.75 Å².